The van der Waals surface area contributed by atoms with Gasteiger partial charge >= 0.3 is 0 Å². The molecule has 0 aromatic heterocycles. The van der Waals surface area contributed by atoms with Gasteiger partial charge in [-0.2, -0.15) is 0 Å². The number of aliphatic hydroxyl groups is 1. The fourth-order valence-electron chi connectivity index (χ4n) is 4.98. The number of halogens is 3. The molecule has 0 spiro atoms. The van der Waals surface area contributed by atoms with Gasteiger partial charge in [0.15, 0.2) is 0 Å². The number of hydrogen-bond donors (Lipinski definition) is 2. The maximum Gasteiger partial charge on any atom is 0.0756 e. The molecule has 1 aliphatic heterocycles. The third kappa shape index (κ3) is 6.48. The van der Waals surface area contributed by atoms with Crippen LogP contribution in [0.1, 0.15) is 63.4 Å². The Morgan fingerprint density at radius 1 is 1.25 bits per heavy atom. The first-order valence-corrected chi connectivity index (χ1v) is 10.9. The van der Waals surface area contributed by atoms with Crippen LogP contribution in [0.4, 0.5) is 0 Å². The number of nitrogens with zero attached hydrogens (tertiary/aromatic N) is 1. The van der Waals surface area contributed by atoms with Crippen molar-refractivity contribution in [3.05, 3.63) is 34.9 Å². The molecule has 2 fully saturated rings. The monoisotopic (exact) mass is 450 g/mol. The minimum Gasteiger partial charge on any atom is -0.389 e. The van der Waals surface area contributed by atoms with Crippen molar-refractivity contribution < 1.29 is 5.11 Å². The minimum atomic E-state index is -0.608. The van der Waals surface area contributed by atoms with Gasteiger partial charge in [-0.05, 0) is 42.9 Å². The number of hydrogen-bond acceptors (Lipinski definition) is 3. The molecule has 6 heteroatoms. The van der Waals surface area contributed by atoms with Gasteiger partial charge in [0, 0.05) is 43.7 Å². The van der Waals surface area contributed by atoms with Gasteiger partial charge in [-0.15, -0.1) is 24.8 Å². The molecule has 162 valence electrons. The van der Waals surface area contributed by atoms with E-state index in [1.54, 1.807) is 0 Å². The van der Waals surface area contributed by atoms with Gasteiger partial charge in [0.25, 0.3) is 0 Å². The second kappa shape index (κ2) is 12.6. The van der Waals surface area contributed by atoms with Crippen molar-refractivity contribution >= 4 is 36.4 Å². The smallest absolute Gasteiger partial charge is 0.0756 e. The second-order valence-corrected chi connectivity index (χ2v) is 8.67. The third-order valence-electron chi connectivity index (χ3n) is 6.50. The van der Waals surface area contributed by atoms with E-state index in [0.717, 1.165) is 63.4 Å². The van der Waals surface area contributed by atoms with Gasteiger partial charge < -0.3 is 15.3 Å². The summed E-state index contributed by atoms with van der Waals surface area (Å²) in [6.07, 6.45) is 8.03. The molecule has 28 heavy (non-hydrogen) atoms. The lowest BCUT2D eigenvalue weighted by molar-refractivity contribution is -0.0809. The summed E-state index contributed by atoms with van der Waals surface area (Å²) < 4.78 is 0. The van der Waals surface area contributed by atoms with Crippen LogP contribution in [0, 0.1) is 5.92 Å². The maximum absolute atomic E-state index is 12.0. The van der Waals surface area contributed by atoms with E-state index in [1.807, 2.05) is 12.1 Å². The highest BCUT2D eigenvalue weighted by Gasteiger charge is 2.45. The Balaban J connectivity index is 0.00000196. The average molecular weight is 452 g/mol. The third-order valence-corrected chi connectivity index (χ3v) is 6.73. The summed E-state index contributed by atoms with van der Waals surface area (Å²) in [5.41, 5.74) is 0.602. The summed E-state index contributed by atoms with van der Waals surface area (Å²) in [5, 5.41) is 16.2. The second-order valence-electron chi connectivity index (χ2n) is 8.23. The lowest BCUT2D eigenvalue weighted by atomic mass is 9.65. The van der Waals surface area contributed by atoms with Crippen molar-refractivity contribution in [2.24, 2.45) is 5.92 Å². The van der Waals surface area contributed by atoms with Crippen LogP contribution < -0.4 is 5.32 Å². The molecule has 2 N–H and O–H groups in total. The molecule has 3 unspecified atom stereocenters. The van der Waals surface area contributed by atoms with E-state index in [4.69, 9.17) is 11.6 Å². The van der Waals surface area contributed by atoms with Crippen LogP contribution in [0.25, 0.3) is 0 Å². The SMILES string of the molecule is CCCCC1CCCCC1(O)C(CN1CCNCC1)c1cccc(Cl)c1.Cl.Cl. The van der Waals surface area contributed by atoms with Crippen molar-refractivity contribution in [1.29, 1.82) is 0 Å². The topological polar surface area (TPSA) is 35.5 Å². The van der Waals surface area contributed by atoms with Crippen molar-refractivity contribution in [3.8, 4) is 0 Å². The van der Waals surface area contributed by atoms with Gasteiger partial charge in [0.05, 0.1) is 5.60 Å². The number of benzene rings is 1. The van der Waals surface area contributed by atoms with Gasteiger partial charge in [-0.1, -0.05) is 56.3 Å². The molecule has 1 aliphatic carbocycles. The molecule has 2 aliphatic rings. The molecule has 1 saturated heterocycles. The Morgan fingerprint density at radius 2 is 2.00 bits per heavy atom. The molecule has 3 rings (SSSR count). The van der Waals surface area contributed by atoms with Gasteiger partial charge in [0.1, 0.15) is 0 Å². The van der Waals surface area contributed by atoms with E-state index in [-0.39, 0.29) is 30.7 Å². The fraction of sp³-hybridized carbons (Fsp3) is 0.727. The summed E-state index contributed by atoms with van der Waals surface area (Å²) in [4.78, 5) is 2.52. The van der Waals surface area contributed by atoms with E-state index in [9.17, 15) is 5.11 Å². The predicted molar refractivity (Wildman–Crippen MR) is 124 cm³/mol. The first kappa shape index (κ1) is 26.0. The highest BCUT2D eigenvalue weighted by atomic mass is 35.5. The largest absolute Gasteiger partial charge is 0.389 e. The van der Waals surface area contributed by atoms with Crippen LogP contribution in [0.2, 0.25) is 5.02 Å². The number of rotatable bonds is 7. The average Bonchev–Trinajstić information content (AvgIpc) is 2.66. The van der Waals surface area contributed by atoms with Crippen LogP contribution in [-0.4, -0.2) is 48.3 Å². The molecule has 1 aromatic rings. The fourth-order valence-corrected chi connectivity index (χ4v) is 5.18. The maximum atomic E-state index is 12.0. The first-order chi connectivity index (χ1) is 12.6. The molecule has 0 radical (unpaired) electrons. The molecule has 1 saturated carbocycles. The zero-order valence-corrected chi connectivity index (χ0v) is 19.4. The Labute approximate surface area is 188 Å². The van der Waals surface area contributed by atoms with Crippen LogP contribution in [0.3, 0.4) is 0 Å². The highest BCUT2D eigenvalue weighted by molar-refractivity contribution is 6.30. The Bertz CT molecular complexity index is 568. The quantitative estimate of drug-likeness (QED) is 0.591. The molecule has 0 amide bonds. The zero-order chi connectivity index (χ0) is 18.4. The van der Waals surface area contributed by atoms with Crippen LogP contribution in [0.15, 0.2) is 24.3 Å². The van der Waals surface area contributed by atoms with Crippen molar-refractivity contribution in [1.82, 2.24) is 10.2 Å². The van der Waals surface area contributed by atoms with Gasteiger partial charge in [-0.25, -0.2) is 0 Å². The standard InChI is InChI=1S/C22H35ClN2O.2ClH/c1-2-3-8-19-9-4-5-11-22(19,26)21(17-25-14-12-24-13-15-25)18-7-6-10-20(23)16-18;;/h6-7,10,16,19,21,24,26H,2-5,8-9,11-15,17H2,1H3;2*1H. The molecule has 0 bridgehead atoms. The lowest BCUT2D eigenvalue weighted by Crippen LogP contribution is -2.52. The molecule has 3 nitrogen and oxygen atoms in total. The summed E-state index contributed by atoms with van der Waals surface area (Å²) in [6, 6.07) is 8.22. The summed E-state index contributed by atoms with van der Waals surface area (Å²) >= 11 is 6.33. The van der Waals surface area contributed by atoms with Crippen molar-refractivity contribution in [3.63, 3.8) is 0 Å². The Hall–Kier alpha value is -0.0300. The van der Waals surface area contributed by atoms with Gasteiger partial charge in [0.2, 0.25) is 0 Å². The molecular weight excluding hydrogens is 415 g/mol. The minimum absolute atomic E-state index is 0. The molecule has 1 heterocycles. The van der Waals surface area contributed by atoms with Crippen molar-refractivity contribution in [2.45, 2.75) is 63.4 Å². The summed E-state index contributed by atoms with van der Waals surface area (Å²) in [6.45, 7) is 7.39. The normalized spacial score (nSPS) is 26.8. The summed E-state index contributed by atoms with van der Waals surface area (Å²) in [7, 11) is 0. The van der Waals surface area contributed by atoms with E-state index >= 15 is 0 Å². The zero-order valence-electron chi connectivity index (χ0n) is 17.0. The number of piperazine rings is 1. The van der Waals surface area contributed by atoms with Crippen LogP contribution >= 0.6 is 36.4 Å². The Kier molecular flexibility index (Phi) is 11.7. The van der Waals surface area contributed by atoms with Crippen molar-refractivity contribution in [2.75, 3.05) is 32.7 Å². The van der Waals surface area contributed by atoms with E-state index in [0.29, 0.717) is 5.92 Å². The molecule has 1 aromatic carbocycles. The van der Waals surface area contributed by atoms with E-state index < -0.39 is 5.60 Å². The number of unbranched alkanes of at least 4 members (excludes halogenated alkanes) is 1. The van der Waals surface area contributed by atoms with E-state index in [2.05, 4.69) is 29.3 Å². The van der Waals surface area contributed by atoms with Gasteiger partial charge in [-0.3, -0.25) is 0 Å². The summed E-state index contributed by atoms with van der Waals surface area (Å²) in [5.74, 6) is 0.546. The Morgan fingerprint density at radius 3 is 2.68 bits per heavy atom. The van der Waals surface area contributed by atoms with E-state index in [1.165, 1.54) is 24.8 Å². The van der Waals surface area contributed by atoms with Crippen LogP contribution in [0.5, 0.6) is 0 Å². The number of nitrogens with one attached hydrogen (secondary N) is 1. The first-order valence-electron chi connectivity index (χ1n) is 10.5. The lowest BCUT2D eigenvalue weighted by Gasteiger charge is -2.47. The highest BCUT2D eigenvalue weighted by Crippen LogP contribution is 2.46. The molecule has 3 atom stereocenters. The predicted octanol–water partition coefficient (Wildman–Crippen LogP) is 5.28. The van der Waals surface area contributed by atoms with Crippen LogP contribution in [-0.2, 0) is 0 Å². The molecular formula is C22H37Cl3N2O.